The predicted molar refractivity (Wildman–Crippen MR) is 111 cm³/mol. The minimum Gasteiger partial charge on any atom is -0.497 e. The Morgan fingerprint density at radius 2 is 1.67 bits per heavy atom. The van der Waals surface area contributed by atoms with E-state index in [1.807, 2.05) is 49.4 Å². The molecule has 6 heteroatoms. The van der Waals surface area contributed by atoms with Crippen molar-refractivity contribution in [1.82, 2.24) is 0 Å². The molecule has 27 heavy (non-hydrogen) atoms. The molecule has 4 rings (SSSR count). The largest absolute Gasteiger partial charge is 0.497 e. The average molecular weight is 444 g/mol. The molecule has 0 saturated heterocycles. The highest BCUT2D eigenvalue weighted by molar-refractivity contribution is 9.10. The van der Waals surface area contributed by atoms with Crippen molar-refractivity contribution >= 4 is 31.6 Å². The van der Waals surface area contributed by atoms with Gasteiger partial charge in [-0.2, -0.15) is 0 Å². The summed E-state index contributed by atoms with van der Waals surface area (Å²) in [7, 11) is -2.19. The number of sulfonamides is 1. The molecule has 1 aliphatic rings. The maximum Gasteiger partial charge on any atom is 0.264 e. The quantitative estimate of drug-likeness (QED) is 0.544. The van der Waals surface area contributed by atoms with E-state index in [1.54, 1.807) is 31.4 Å². The van der Waals surface area contributed by atoms with Gasteiger partial charge in [-0.25, -0.2) is 8.42 Å². The van der Waals surface area contributed by atoms with E-state index < -0.39 is 10.0 Å². The minimum absolute atomic E-state index is 0.239. The fraction of sp³-hybridized carbons (Fsp3) is 0.143. The molecule has 1 unspecified atom stereocenters. The van der Waals surface area contributed by atoms with Gasteiger partial charge in [-0.05, 0) is 60.5 Å². The molecule has 3 aromatic rings. The van der Waals surface area contributed by atoms with Gasteiger partial charge in [0.05, 0.1) is 23.7 Å². The fourth-order valence-electron chi connectivity index (χ4n) is 3.56. The summed E-state index contributed by atoms with van der Waals surface area (Å²) in [5, 5.41) is 0. The molecule has 0 saturated carbocycles. The van der Waals surface area contributed by atoms with Gasteiger partial charge < -0.3 is 4.74 Å². The van der Waals surface area contributed by atoms with Crippen LogP contribution in [-0.2, 0) is 10.0 Å². The molecule has 4 nitrogen and oxygen atoms in total. The van der Waals surface area contributed by atoms with E-state index in [4.69, 9.17) is 4.74 Å². The number of nitrogens with zero attached hydrogens (tertiary/aromatic N) is 1. The van der Waals surface area contributed by atoms with Crippen LogP contribution in [0.2, 0.25) is 0 Å². The number of hydrogen-bond donors (Lipinski definition) is 0. The molecule has 0 fully saturated rings. The van der Waals surface area contributed by atoms with Crippen molar-refractivity contribution in [2.45, 2.75) is 17.9 Å². The number of rotatable bonds is 3. The molecule has 0 spiro atoms. The Labute approximate surface area is 167 Å². The number of anilines is 1. The third-order valence-corrected chi connectivity index (χ3v) is 7.26. The number of hydrogen-bond acceptors (Lipinski definition) is 3. The highest BCUT2D eigenvalue weighted by atomic mass is 79.9. The molecule has 0 radical (unpaired) electrons. The molecule has 1 heterocycles. The molecule has 0 amide bonds. The van der Waals surface area contributed by atoms with Crippen molar-refractivity contribution < 1.29 is 13.2 Å². The average Bonchev–Trinajstić information content (AvgIpc) is 2.68. The van der Waals surface area contributed by atoms with E-state index in [0.717, 1.165) is 21.2 Å². The van der Waals surface area contributed by atoms with Gasteiger partial charge in [0.15, 0.2) is 0 Å². The van der Waals surface area contributed by atoms with E-state index >= 15 is 0 Å². The number of ether oxygens (including phenoxy) is 1. The van der Waals surface area contributed by atoms with Gasteiger partial charge in [0.2, 0.25) is 0 Å². The van der Waals surface area contributed by atoms with E-state index in [0.29, 0.717) is 11.4 Å². The van der Waals surface area contributed by atoms with E-state index in [2.05, 4.69) is 15.9 Å². The molecule has 1 atom stereocenters. The molecule has 0 N–H and O–H groups in total. The van der Waals surface area contributed by atoms with Gasteiger partial charge in [-0.3, -0.25) is 4.31 Å². The Bertz CT molecular complexity index is 1110. The molecule has 3 aromatic carbocycles. The Morgan fingerprint density at radius 3 is 2.37 bits per heavy atom. The third kappa shape index (κ3) is 2.93. The lowest BCUT2D eigenvalue weighted by atomic mass is 9.90. The lowest BCUT2D eigenvalue weighted by Gasteiger charge is -2.37. The van der Waals surface area contributed by atoms with Crippen LogP contribution in [0.4, 0.5) is 5.69 Å². The zero-order chi connectivity index (χ0) is 19.2. The molecular weight excluding hydrogens is 426 g/mol. The predicted octanol–water partition coefficient (Wildman–Crippen LogP) is 5.39. The summed E-state index contributed by atoms with van der Waals surface area (Å²) in [4.78, 5) is 0.239. The normalized spacial score (nSPS) is 15.8. The standard InChI is InChI=1S/C21H18BrNO3S/c1-14-18-5-3-4-6-19(18)20-13-15(22)7-12-21(20)23(14)27(24,25)17-10-8-16(26-2)9-11-17/h3-14H,1-2H3. The minimum atomic E-state index is -3.74. The van der Waals surface area contributed by atoms with Crippen molar-refractivity contribution in [3.63, 3.8) is 0 Å². The second-order valence-electron chi connectivity index (χ2n) is 6.40. The van der Waals surface area contributed by atoms with Gasteiger partial charge in [-0.1, -0.05) is 40.2 Å². The molecule has 0 bridgehead atoms. The first-order valence-electron chi connectivity index (χ1n) is 8.51. The Hall–Kier alpha value is -2.31. The van der Waals surface area contributed by atoms with Crippen LogP contribution in [0.25, 0.3) is 11.1 Å². The number of halogens is 1. The maximum absolute atomic E-state index is 13.5. The zero-order valence-corrected chi connectivity index (χ0v) is 17.3. The van der Waals surface area contributed by atoms with Crippen LogP contribution in [0.15, 0.2) is 76.1 Å². The van der Waals surface area contributed by atoms with E-state index in [-0.39, 0.29) is 10.9 Å². The number of methoxy groups -OCH3 is 1. The number of fused-ring (bicyclic) bond motifs is 3. The summed E-state index contributed by atoms with van der Waals surface area (Å²) in [6.45, 7) is 1.92. The summed E-state index contributed by atoms with van der Waals surface area (Å²) in [5.74, 6) is 0.621. The van der Waals surface area contributed by atoms with Crippen LogP contribution >= 0.6 is 15.9 Å². The molecule has 0 aliphatic carbocycles. The van der Waals surface area contributed by atoms with Crippen LogP contribution in [0.1, 0.15) is 18.5 Å². The third-order valence-electron chi connectivity index (χ3n) is 4.87. The Balaban J connectivity index is 1.92. The van der Waals surface area contributed by atoms with Gasteiger partial charge in [0, 0.05) is 10.0 Å². The van der Waals surface area contributed by atoms with Crippen LogP contribution in [0.5, 0.6) is 5.75 Å². The van der Waals surface area contributed by atoms with Crippen LogP contribution in [0.3, 0.4) is 0 Å². The lowest BCUT2D eigenvalue weighted by Crippen LogP contribution is -2.36. The molecule has 0 aromatic heterocycles. The highest BCUT2D eigenvalue weighted by Gasteiger charge is 2.36. The second kappa shape index (κ2) is 6.69. The SMILES string of the molecule is COc1ccc(S(=O)(=O)N2c3ccc(Br)cc3-c3ccccc3C2C)cc1. The monoisotopic (exact) mass is 443 g/mol. The second-order valence-corrected chi connectivity index (χ2v) is 9.13. The highest BCUT2D eigenvalue weighted by Crippen LogP contribution is 2.47. The lowest BCUT2D eigenvalue weighted by molar-refractivity contribution is 0.414. The summed E-state index contributed by atoms with van der Waals surface area (Å²) in [6.07, 6.45) is 0. The first-order valence-corrected chi connectivity index (χ1v) is 10.7. The van der Waals surface area contributed by atoms with Crippen LogP contribution < -0.4 is 9.04 Å². The van der Waals surface area contributed by atoms with Crippen molar-refractivity contribution in [2.24, 2.45) is 0 Å². The van der Waals surface area contributed by atoms with Gasteiger partial charge in [0.1, 0.15) is 5.75 Å². The topological polar surface area (TPSA) is 46.6 Å². The van der Waals surface area contributed by atoms with Crippen molar-refractivity contribution in [3.8, 4) is 16.9 Å². The summed E-state index contributed by atoms with van der Waals surface area (Å²) in [6, 6.07) is 19.8. The summed E-state index contributed by atoms with van der Waals surface area (Å²) < 4.78 is 34.6. The maximum atomic E-state index is 13.5. The Kier molecular flexibility index (Phi) is 4.48. The molecular formula is C21H18BrNO3S. The van der Waals surface area contributed by atoms with Crippen LogP contribution in [0, 0.1) is 0 Å². The zero-order valence-electron chi connectivity index (χ0n) is 14.9. The Morgan fingerprint density at radius 1 is 0.963 bits per heavy atom. The molecule has 1 aliphatic heterocycles. The van der Waals surface area contributed by atoms with Gasteiger partial charge in [-0.15, -0.1) is 0 Å². The summed E-state index contributed by atoms with van der Waals surface area (Å²) in [5.41, 5.74) is 3.62. The van der Waals surface area contributed by atoms with Crippen molar-refractivity contribution in [2.75, 3.05) is 11.4 Å². The van der Waals surface area contributed by atoms with E-state index in [9.17, 15) is 8.42 Å². The van der Waals surface area contributed by atoms with E-state index in [1.165, 1.54) is 4.31 Å². The first kappa shape index (κ1) is 18.1. The fourth-order valence-corrected chi connectivity index (χ4v) is 5.57. The summed E-state index contributed by atoms with van der Waals surface area (Å²) >= 11 is 3.51. The van der Waals surface area contributed by atoms with Crippen LogP contribution in [-0.4, -0.2) is 15.5 Å². The number of benzene rings is 3. The smallest absolute Gasteiger partial charge is 0.264 e. The molecule has 138 valence electrons. The van der Waals surface area contributed by atoms with Gasteiger partial charge in [0.25, 0.3) is 10.0 Å². The first-order chi connectivity index (χ1) is 12.9. The van der Waals surface area contributed by atoms with Crippen molar-refractivity contribution in [3.05, 3.63) is 76.8 Å². The van der Waals surface area contributed by atoms with Crippen molar-refractivity contribution in [1.29, 1.82) is 0 Å². The van der Waals surface area contributed by atoms with Gasteiger partial charge >= 0.3 is 0 Å².